The summed E-state index contributed by atoms with van der Waals surface area (Å²) in [6.45, 7) is 3.61. The Labute approximate surface area is 137 Å². The van der Waals surface area contributed by atoms with Crippen molar-refractivity contribution in [2.24, 2.45) is 5.92 Å². The maximum Gasteiger partial charge on any atom is 0.317 e. The molecule has 0 amide bonds. The number of fused-ring (bicyclic) bond motifs is 4. The van der Waals surface area contributed by atoms with Crippen molar-refractivity contribution in [2.75, 3.05) is 44.3 Å². The third kappa shape index (κ3) is 2.89. The van der Waals surface area contributed by atoms with Crippen molar-refractivity contribution < 1.29 is 14.6 Å². The summed E-state index contributed by atoms with van der Waals surface area (Å²) >= 11 is 1.61. The van der Waals surface area contributed by atoms with Crippen molar-refractivity contribution in [3.05, 3.63) is 17.8 Å². The Morgan fingerprint density at radius 1 is 1.35 bits per heavy atom. The number of hydrogen-bond donors (Lipinski definition) is 1. The van der Waals surface area contributed by atoms with Crippen molar-refractivity contribution in [3.8, 4) is 0 Å². The summed E-state index contributed by atoms with van der Waals surface area (Å²) in [5, 5.41) is 12.3. The minimum absolute atomic E-state index is 0.0655. The smallest absolute Gasteiger partial charge is 0.317 e. The van der Waals surface area contributed by atoms with Gasteiger partial charge in [0.05, 0.1) is 31.2 Å². The van der Waals surface area contributed by atoms with Gasteiger partial charge in [0.2, 0.25) is 0 Å². The van der Waals surface area contributed by atoms with E-state index in [2.05, 4.69) is 20.9 Å². The number of aliphatic carboxylic acids is 1. The molecule has 2 saturated heterocycles. The topological polar surface area (TPSA) is 78.8 Å². The number of anilines is 1. The second kappa shape index (κ2) is 6.03. The summed E-state index contributed by atoms with van der Waals surface area (Å²) in [6, 6.07) is 2.13. The Hall–Kier alpha value is -1.77. The lowest BCUT2D eigenvalue weighted by atomic mass is 10.1. The van der Waals surface area contributed by atoms with E-state index >= 15 is 0 Å². The maximum absolute atomic E-state index is 11.1. The van der Waals surface area contributed by atoms with E-state index in [-0.39, 0.29) is 18.5 Å². The second-order valence-electron chi connectivity index (χ2n) is 6.12. The molecule has 2 aliphatic heterocycles. The van der Waals surface area contributed by atoms with Crippen LogP contribution in [0.1, 0.15) is 0 Å². The number of rotatable bonds is 3. The maximum atomic E-state index is 11.1. The van der Waals surface area contributed by atoms with E-state index in [9.17, 15) is 4.79 Å². The standard InChI is InChI=1S/C15H18N4O3S/c20-13(21)6-18-3-10-4-19(5-11(18)8-22-7-10)14-12-1-2-23-15(12)17-9-16-14/h1-2,9-11H,3-8H2,(H,20,21)/t10-,11+/m1/s1. The largest absolute Gasteiger partial charge is 0.480 e. The monoisotopic (exact) mass is 334 g/mol. The Balaban J connectivity index is 1.66. The molecule has 0 unspecified atom stereocenters. The number of aromatic nitrogens is 2. The molecule has 4 heterocycles. The minimum atomic E-state index is -0.786. The molecule has 0 aliphatic carbocycles. The Kier molecular flexibility index (Phi) is 3.88. The van der Waals surface area contributed by atoms with E-state index in [1.165, 1.54) is 0 Å². The average Bonchev–Trinajstić information content (AvgIpc) is 2.82. The highest BCUT2D eigenvalue weighted by Crippen LogP contribution is 2.30. The molecule has 2 aliphatic rings. The summed E-state index contributed by atoms with van der Waals surface area (Å²) in [5.41, 5.74) is 0. The van der Waals surface area contributed by atoms with Crippen LogP contribution in [0.25, 0.3) is 10.2 Å². The van der Waals surface area contributed by atoms with Gasteiger partial charge in [-0.05, 0) is 11.4 Å². The normalized spacial score (nSPS) is 25.5. The average molecular weight is 334 g/mol. The lowest BCUT2D eigenvalue weighted by Crippen LogP contribution is -2.46. The van der Waals surface area contributed by atoms with E-state index in [1.807, 2.05) is 10.3 Å². The molecule has 2 aromatic heterocycles. The van der Waals surface area contributed by atoms with E-state index in [0.29, 0.717) is 13.2 Å². The molecule has 7 nitrogen and oxygen atoms in total. The van der Waals surface area contributed by atoms with E-state index in [1.54, 1.807) is 17.7 Å². The molecule has 2 bridgehead atoms. The number of carbonyl (C=O) groups is 1. The van der Waals surface area contributed by atoms with Crippen LogP contribution in [0, 0.1) is 5.92 Å². The van der Waals surface area contributed by atoms with Gasteiger partial charge in [-0.15, -0.1) is 11.3 Å². The van der Waals surface area contributed by atoms with Crippen LogP contribution in [0.2, 0.25) is 0 Å². The molecule has 23 heavy (non-hydrogen) atoms. The summed E-state index contributed by atoms with van der Waals surface area (Å²) in [4.78, 5) is 25.3. The van der Waals surface area contributed by atoms with Gasteiger partial charge in [-0.25, -0.2) is 9.97 Å². The molecule has 8 heteroatoms. The lowest BCUT2D eigenvalue weighted by Gasteiger charge is -2.31. The zero-order valence-electron chi connectivity index (χ0n) is 12.6. The van der Waals surface area contributed by atoms with Gasteiger partial charge in [0.1, 0.15) is 17.0 Å². The van der Waals surface area contributed by atoms with E-state index < -0.39 is 5.97 Å². The van der Waals surface area contributed by atoms with Gasteiger partial charge in [-0.3, -0.25) is 9.69 Å². The van der Waals surface area contributed by atoms with Crippen molar-refractivity contribution in [3.63, 3.8) is 0 Å². The van der Waals surface area contributed by atoms with Gasteiger partial charge in [-0.1, -0.05) is 0 Å². The number of carboxylic acids is 1. The third-order valence-electron chi connectivity index (χ3n) is 4.46. The Bertz CT molecular complexity index is 722. The second-order valence-corrected chi connectivity index (χ2v) is 7.02. The highest BCUT2D eigenvalue weighted by Gasteiger charge is 2.35. The predicted octanol–water partition coefficient (Wildman–Crippen LogP) is 0.913. The van der Waals surface area contributed by atoms with Gasteiger partial charge in [0, 0.05) is 25.6 Å². The summed E-state index contributed by atoms with van der Waals surface area (Å²) in [7, 11) is 0. The van der Waals surface area contributed by atoms with Crippen LogP contribution in [0.4, 0.5) is 5.82 Å². The van der Waals surface area contributed by atoms with Crippen LogP contribution >= 0.6 is 11.3 Å². The molecular weight excluding hydrogens is 316 g/mol. The molecule has 122 valence electrons. The molecule has 0 radical (unpaired) electrons. The number of thiophene rings is 1. The highest BCUT2D eigenvalue weighted by molar-refractivity contribution is 7.16. The lowest BCUT2D eigenvalue weighted by molar-refractivity contribution is -0.138. The number of hydrogen-bond acceptors (Lipinski definition) is 7. The molecule has 0 aromatic carbocycles. The van der Waals surface area contributed by atoms with Crippen LogP contribution in [0.5, 0.6) is 0 Å². The van der Waals surface area contributed by atoms with Crippen molar-refractivity contribution in [1.29, 1.82) is 0 Å². The fourth-order valence-electron chi connectivity index (χ4n) is 3.50. The van der Waals surface area contributed by atoms with Crippen LogP contribution in [0.3, 0.4) is 0 Å². The van der Waals surface area contributed by atoms with Gasteiger partial charge in [0.25, 0.3) is 0 Å². The quantitative estimate of drug-likeness (QED) is 0.894. The van der Waals surface area contributed by atoms with Crippen molar-refractivity contribution >= 4 is 33.3 Å². The Morgan fingerprint density at radius 2 is 2.26 bits per heavy atom. The molecule has 2 atom stereocenters. The number of ether oxygens (including phenoxy) is 1. The van der Waals surface area contributed by atoms with Crippen LogP contribution in [-0.2, 0) is 9.53 Å². The van der Waals surface area contributed by atoms with Crippen LogP contribution in [-0.4, -0.2) is 71.4 Å². The van der Waals surface area contributed by atoms with Crippen LogP contribution in [0.15, 0.2) is 17.8 Å². The van der Waals surface area contributed by atoms with Gasteiger partial charge in [-0.2, -0.15) is 0 Å². The zero-order chi connectivity index (χ0) is 15.8. The van der Waals surface area contributed by atoms with E-state index in [0.717, 1.165) is 35.7 Å². The molecular formula is C15H18N4O3S. The van der Waals surface area contributed by atoms with Crippen molar-refractivity contribution in [2.45, 2.75) is 6.04 Å². The first kappa shape index (κ1) is 14.8. The zero-order valence-corrected chi connectivity index (χ0v) is 13.4. The fourth-order valence-corrected chi connectivity index (χ4v) is 4.23. The summed E-state index contributed by atoms with van der Waals surface area (Å²) in [6.07, 6.45) is 1.61. The highest BCUT2D eigenvalue weighted by atomic mass is 32.1. The number of carboxylic acid groups (broad SMARTS) is 1. The molecule has 2 fully saturated rings. The first-order valence-electron chi connectivity index (χ1n) is 7.67. The van der Waals surface area contributed by atoms with Crippen LogP contribution < -0.4 is 4.90 Å². The third-order valence-corrected chi connectivity index (χ3v) is 5.28. The van der Waals surface area contributed by atoms with Crippen molar-refractivity contribution in [1.82, 2.24) is 14.9 Å². The molecule has 2 aromatic rings. The molecule has 4 rings (SSSR count). The fraction of sp³-hybridized carbons (Fsp3) is 0.533. The molecule has 1 N–H and O–H groups in total. The summed E-state index contributed by atoms with van der Waals surface area (Å²) < 4.78 is 5.74. The minimum Gasteiger partial charge on any atom is -0.480 e. The Morgan fingerprint density at radius 3 is 3.13 bits per heavy atom. The summed E-state index contributed by atoms with van der Waals surface area (Å²) in [5.74, 6) is 0.446. The predicted molar refractivity (Wildman–Crippen MR) is 86.9 cm³/mol. The van der Waals surface area contributed by atoms with Gasteiger partial charge in [0.15, 0.2) is 0 Å². The SMILES string of the molecule is O=C(O)CN1C[C@H]2COC[C@@H]1CN(c1ncnc3sccc13)C2. The first-order chi connectivity index (χ1) is 11.2. The first-order valence-corrected chi connectivity index (χ1v) is 8.55. The molecule has 0 spiro atoms. The number of nitrogens with zero attached hydrogens (tertiary/aromatic N) is 4. The molecule has 0 saturated carbocycles. The van der Waals surface area contributed by atoms with E-state index in [4.69, 9.17) is 9.84 Å². The van der Waals surface area contributed by atoms with Gasteiger partial charge >= 0.3 is 5.97 Å². The van der Waals surface area contributed by atoms with Gasteiger partial charge < -0.3 is 14.7 Å².